The topological polar surface area (TPSA) is 75.7 Å². The van der Waals surface area contributed by atoms with Crippen LogP contribution < -0.4 is 9.46 Å². The molecule has 0 saturated carbocycles. The van der Waals surface area contributed by atoms with Gasteiger partial charge in [0, 0.05) is 13.1 Å². The number of amides is 1. The van der Waals surface area contributed by atoms with E-state index in [1.807, 2.05) is 48.5 Å². The summed E-state index contributed by atoms with van der Waals surface area (Å²) < 4.78 is 34.4. The zero-order chi connectivity index (χ0) is 23.4. The largest absolute Gasteiger partial charge is 0.496 e. The first-order valence-corrected chi connectivity index (χ1v) is 12.4. The van der Waals surface area contributed by atoms with E-state index in [1.54, 1.807) is 31.1 Å². The molecule has 1 heterocycles. The molecule has 7 heteroatoms. The van der Waals surface area contributed by atoms with E-state index < -0.39 is 16.1 Å². The number of carbonyl (C=O) groups excluding carboxylic acids is 1. The van der Waals surface area contributed by atoms with E-state index in [4.69, 9.17) is 4.74 Å². The summed E-state index contributed by atoms with van der Waals surface area (Å²) in [7, 11) is -2.38. The van der Waals surface area contributed by atoms with Crippen molar-refractivity contribution in [2.24, 2.45) is 0 Å². The van der Waals surface area contributed by atoms with Crippen molar-refractivity contribution in [2.75, 3.05) is 13.7 Å². The lowest BCUT2D eigenvalue weighted by Crippen LogP contribution is -2.50. The molecule has 0 aliphatic carbocycles. The highest BCUT2D eigenvalue weighted by Crippen LogP contribution is 2.23. The lowest BCUT2D eigenvalue weighted by atomic mass is 9.98. The second kappa shape index (κ2) is 9.77. The molecule has 1 aliphatic heterocycles. The zero-order valence-electron chi connectivity index (χ0n) is 18.8. The fraction of sp³-hybridized carbons (Fsp3) is 0.269. The Kier molecular flexibility index (Phi) is 6.81. The van der Waals surface area contributed by atoms with Crippen molar-refractivity contribution in [1.82, 2.24) is 9.62 Å². The second-order valence-electron chi connectivity index (χ2n) is 8.27. The molecule has 4 rings (SSSR count). The van der Waals surface area contributed by atoms with Gasteiger partial charge in [-0.2, -0.15) is 4.72 Å². The molecule has 33 heavy (non-hydrogen) atoms. The minimum atomic E-state index is -3.92. The van der Waals surface area contributed by atoms with E-state index in [9.17, 15) is 13.2 Å². The van der Waals surface area contributed by atoms with Gasteiger partial charge in [-0.1, -0.05) is 54.6 Å². The SMILES string of the molecule is COc1ccc(S(=O)(=O)N[C@H](Cc2ccccc2)C(=O)N2CCc3ccccc3C2)cc1C. The molecule has 3 aromatic rings. The van der Waals surface area contributed by atoms with E-state index >= 15 is 0 Å². The van der Waals surface area contributed by atoms with Crippen LogP contribution in [0.25, 0.3) is 0 Å². The number of hydrogen-bond acceptors (Lipinski definition) is 4. The summed E-state index contributed by atoms with van der Waals surface area (Å²) in [5.41, 5.74) is 3.93. The number of ether oxygens (including phenoxy) is 1. The molecule has 0 aromatic heterocycles. The van der Waals surface area contributed by atoms with Crippen molar-refractivity contribution >= 4 is 15.9 Å². The van der Waals surface area contributed by atoms with E-state index in [0.29, 0.717) is 24.4 Å². The van der Waals surface area contributed by atoms with Crippen LogP contribution in [0.15, 0.2) is 77.7 Å². The second-order valence-corrected chi connectivity index (χ2v) is 9.99. The fourth-order valence-electron chi connectivity index (χ4n) is 4.21. The van der Waals surface area contributed by atoms with Gasteiger partial charge in [-0.25, -0.2) is 8.42 Å². The smallest absolute Gasteiger partial charge is 0.241 e. The van der Waals surface area contributed by atoms with Gasteiger partial charge in [0.2, 0.25) is 15.9 Å². The van der Waals surface area contributed by atoms with Crippen LogP contribution in [0.1, 0.15) is 22.3 Å². The Morgan fingerprint density at radius 1 is 1.03 bits per heavy atom. The number of rotatable bonds is 7. The summed E-state index contributed by atoms with van der Waals surface area (Å²) >= 11 is 0. The fourth-order valence-corrected chi connectivity index (χ4v) is 5.48. The number of benzene rings is 3. The van der Waals surface area contributed by atoms with Crippen LogP contribution in [-0.4, -0.2) is 38.9 Å². The van der Waals surface area contributed by atoms with E-state index in [0.717, 1.165) is 17.5 Å². The molecule has 172 valence electrons. The predicted octanol–water partition coefficient (Wildman–Crippen LogP) is 3.48. The Bertz CT molecular complexity index is 1240. The number of sulfonamides is 1. The molecular weight excluding hydrogens is 436 g/mol. The molecule has 1 atom stereocenters. The highest BCUT2D eigenvalue weighted by atomic mass is 32.2. The standard InChI is InChI=1S/C26H28N2O4S/c1-19-16-23(12-13-25(19)32-2)33(30,31)27-24(17-20-8-4-3-5-9-20)26(29)28-15-14-21-10-6-7-11-22(21)18-28/h3-13,16,24,27H,14-15,17-18H2,1-2H3/t24-/m1/s1. The van der Waals surface area contributed by atoms with Gasteiger partial charge in [0.1, 0.15) is 11.8 Å². The van der Waals surface area contributed by atoms with Crippen LogP contribution in [0.2, 0.25) is 0 Å². The average molecular weight is 465 g/mol. The van der Waals surface area contributed by atoms with Gasteiger partial charge < -0.3 is 9.64 Å². The Morgan fingerprint density at radius 3 is 2.42 bits per heavy atom. The first-order chi connectivity index (χ1) is 15.9. The minimum Gasteiger partial charge on any atom is -0.496 e. The molecule has 1 amide bonds. The van der Waals surface area contributed by atoms with E-state index in [2.05, 4.69) is 10.8 Å². The maximum Gasteiger partial charge on any atom is 0.241 e. The third-order valence-corrected chi connectivity index (χ3v) is 7.47. The van der Waals surface area contributed by atoms with Gasteiger partial charge >= 0.3 is 0 Å². The van der Waals surface area contributed by atoms with Crippen LogP contribution in [0.4, 0.5) is 0 Å². The highest BCUT2D eigenvalue weighted by molar-refractivity contribution is 7.89. The van der Waals surface area contributed by atoms with Crippen molar-refractivity contribution in [3.05, 3.63) is 95.1 Å². The van der Waals surface area contributed by atoms with Crippen molar-refractivity contribution in [3.63, 3.8) is 0 Å². The number of nitrogens with zero attached hydrogens (tertiary/aromatic N) is 1. The molecule has 1 N–H and O–H groups in total. The molecule has 0 fully saturated rings. The lowest BCUT2D eigenvalue weighted by Gasteiger charge is -2.32. The maximum absolute atomic E-state index is 13.6. The third-order valence-electron chi connectivity index (χ3n) is 6.00. The Hall–Kier alpha value is -3.16. The van der Waals surface area contributed by atoms with Gasteiger partial charge in [-0.15, -0.1) is 0 Å². The Labute approximate surface area is 195 Å². The number of hydrogen-bond donors (Lipinski definition) is 1. The summed E-state index contributed by atoms with van der Waals surface area (Å²) in [5, 5.41) is 0. The van der Waals surface area contributed by atoms with Gasteiger partial charge in [0.05, 0.1) is 12.0 Å². The lowest BCUT2D eigenvalue weighted by molar-refractivity contribution is -0.133. The highest BCUT2D eigenvalue weighted by Gasteiger charge is 2.31. The molecule has 3 aromatic carbocycles. The van der Waals surface area contributed by atoms with E-state index in [-0.39, 0.29) is 17.2 Å². The zero-order valence-corrected chi connectivity index (χ0v) is 19.6. The molecule has 6 nitrogen and oxygen atoms in total. The molecule has 0 unspecified atom stereocenters. The number of carbonyl (C=O) groups is 1. The Balaban J connectivity index is 1.61. The van der Waals surface area contributed by atoms with Crippen molar-refractivity contribution in [2.45, 2.75) is 37.2 Å². The van der Waals surface area contributed by atoms with Crippen LogP contribution in [0.3, 0.4) is 0 Å². The molecule has 0 spiro atoms. The average Bonchev–Trinajstić information content (AvgIpc) is 2.83. The normalized spacial score (nSPS) is 14.4. The van der Waals surface area contributed by atoms with Crippen LogP contribution in [0.5, 0.6) is 5.75 Å². The van der Waals surface area contributed by atoms with Crippen molar-refractivity contribution < 1.29 is 17.9 Å². The van der Waals surface area contributed by atoms with Crippen LogP contribution in [-0.2, 0) is 34.2 Å². The van der Waals surface area contributed by atoms with Crippen molar-refractivity contribution in [3.8, 4) is 5.75 Å². The van der Waals surface area contributed by atoms with Crippen LogP contribution in [0, 0.1) is 6.92 Å². The van der Waals surface area contributed by atoms with Gasteiger partial charge in [0.15, 0.2) is 0 Å². The first kappa shape index (κ1) is 23.0. The number of fused-ring (bicyclic) bond motifs is 1. The Morgan fingerprint density at radius 2 is 1.73 bits per heavy atom. The molecule has 0 bridgehead atoms. The van der Waals surface area contributed by atoms with Gasteiger partial charge in [0.25, 0.3) is 0 Å². The number of nitrogens with one attached hydrogen (secondary N) is 1. The monoisotopic (exact) mass is 464 g/mol. The summed E-state index contributed by atoms with van der Waals surface area (Å²) in [6.07, 6.45) is 1.02. The predicted molar refractivity (Wildman–Crippen MR) is 128 cm³/mol. The first-order valence-electron chi connectivity index (χ1n) is 10.9. The molecular formula is C26H28N2O4S. The summed E-state index contributed by atoms with van der Waals surface area (Å²) in [6.45, 7) is 2.82. The van der Waals surface area contributed by atoms with Gasteiger partial charge in [-0.3, -0.25) is 4.79 Å². The van der Waals surface area contributed by atoms with E-state index in [1.165, 1.54) is 11.6 Å². The summed E-state index contributed by atoms with van der Waals surface area (Å²) in [6, 6.07) is 21.3. The van der Waals surface area contributed by atoms with Crippen LogP contribution >= 0.6 is 0 Å². The molecule has 0 saturated heterocycles. The number of methoxy groups -OCH3 is 1. The minimum absolute atomic E-state index is 0.107. The molecule has 0 radical (unpaired) electrons. The summed E-state index contributed by atoms with van der Waals surface area (Å²) in [4.78, 5) is 15.4. The third kappa shape index (κ3) is 5.26. The van der Waals surface area contributed by atoms with Gasteiger partial charge in [-0.05, 0) is 60.2 Å². The summed E-state index contributed by atoms with van der Waals surface area (Å²) in [5.74, 6) is 0.389. The molecule has 1 aliphatic rings. The maximum atomic E-state index is 13.6. The van der Waals surface area contributed by atoms with Crippen molar-refractivity contribution in [1.29, 1.82) is 0 Å². The number of aryl methyl sites for hydroxylation is 1. The quantitative estimate of drug-likeness (QED) is 0.581.